The van der Waals surface area contributed by atoms with Crippen molar-refractivity contribution in [3.05, 3.63) is 41.0 Å². The van der Waals surface area contributed by atoms with Crippen LogP contribution in [0.3, 0.4) is 0 Å². The molecule has 2 atom stereocenters. The number of rotatable bonds is 2. The number of amides is 1. The van der Waals surface area contributed by atoms with E-state index in [0.717, 1.165) is 16.9 Å². The van der Waals surface area contributed by atoms with E-state index in [1.807, 2.05) is 25.8 Å². The Bertz CT molecular complexity index is 939. The van der Waals surface area contributed by atoms with Gasteiger partial charge >= 0.3 is 0 Å². The first-order valence-electron chi connectivity index (χ1n) is 9.59. The van der Waals surface area contributed by atoms with Crippen molar-refractivity contribution in [2.45, 2.75) is 32.5 Å². The van der Waals surface area contributed by atoms with Crippen molar-refractivity contribution in [3.8, 4) is 6.07 Å². The average Bonchev–Trinajstić information content (AvgIpc) is 3.04. The molecule has 0 aliphatic carbocycles. The van der Waals surface area contributed by atoms with Crippen molar-refractivity contribution >= 4 is 11.6 Å². The molecule has 2 aliphatic heterocycles. The van der Waals surface area contributed by atoms with E-state index in [0.29, 0.717) is 43.9 Å². The Balaban J connectivity index is 1.51. The third-order valence-electron chi connectivity index (χ3n) is 5.54. The maximum Gasteiger partial charge on any atom is 0.274 e. The van der Waals surface area contributed by atoms with Gasteiger partial charge in [0.25, 0.3) is 5.91 Å². The third-order valence-corrected chi connectivity index (χ3v) is 5.54. The van der Waals surface area contributed by atoms with Crippen LogP contribution in [0.15, 0.2) is 18.5 Å². The van der Waals surface area contributed by atoms with Crippen LogP contribution in [0.25, 0.3) is 0 Å². The molecule has 4 rings (SSSR count). The molecule has 8 nitrogen and oxygen atoms in total. The monoisotopic (exact) mass is 380 g/mol. The first-order chi connectivity index (χ1) is 13.5. The smallest absolute Gasteiger partial charge is 0.274 e. The van der Waals surface area contributed by atoms with Crippen LogP contribution in [0, 0.1) is 11.3 Å². The number of pyridine rings is 1. The molecule has 0 radical (unpaired) electrons. The van der Waals surface area contributed by atoms with Gasteiger partial charge in [-0.15, -0.1) is 0 Å². The van der Waals surface area contributed by atoms with Crippen molar-refractivity contribution in [3.63, 3.8) is 0 Å². The number of piperazine rings is 1. The molecule has 0 saturated carbocycles. The van der Waals surface area contributed by atoms with Crippen LogP contribution in [-0.2, 0) is 18.2 Å². The molecule has 8 heteroatoms. The predicted octanol–water partition coefficient (Wildman–Crippen LogP) is 1.67. The molecule has 0 aromatic carbocycles. The second-order valence-electron chi connectivity index (χ2n) is 7.41. The summed E-state index contributed by atoms with van der Waals surface area (Å²) in [5.41, 5.74) is 3.99. The predicted molar refractivity (Wildman–Crippen MR) is 103 cm³/mol. The normalized spacial score (nSPS) is 21.9. The van der Waals surface area contributed by atoms with Gasteiger partial charge < -0.3 is 14.5 Å². The molecule has 1 fully saturated rings. The van der Waals surface area contributed by atoms with Gasteiger partial charge in [0.2, 0.25) is 0 Å². The Kier molecular flexibility index (Phi) is 4.77. The topological polar surface area (TPSA) is 87.3 Å². The summed E-state index contributed by atoms with van der Waals surface area (Å²) >= 11 is 0. The molecule has 2 aliphatic rings. The fourth-order valence-corrected chi connectivity index (χ4v) is 4.24. The van der Waals surface area contributed by atoms with Crippen LogP contribution in [0.4, 0.5) is 5.69 Å². The molecule has 2 aromatic rings. The fourth-order valence-electron chi connectivity index (χ4n) is 4.24. The van der Waals surface area contributed by atoms with Gasteiger partial charge in [0.15, 0.2) is 5.69 Å². The van der Waals surface area contributed by atoms with Crippen LogP contribution in [0.2, 0.25) is 0 Å². The van der Waals surface area contributed by atoms with E-state index in [4.69, 9.17) is 4.74 Å². The molecule has 1 saturated heterocycles. The zero-order chi connectivity index (χ0) is 19.8. The lowest BCUT2D eigenvalue weighted by Crippen LogP contribution is -2.49. The lowest BCUT2D eigenvalue weighted by Gasteiger charge is -2.36. The van der Waals surface area contributed by atoms with E-state index >= 15 is 0 Å². The minimum absolute atomic E-state index is 0.0236. The van der Waals surface area contributed by atoms with Crippen molar-refractivity contribution in [2.75, 3.05) is 31.1 Å². The van der Waals surface area contributed by atoms with Crippen LogP contribution in [0.5, 0.6) is 0 Å². The SMILES string of the molecule is C[C@@H]1Cc2c(C(=O)N3CCN(c4cnccc4C#N)CC3)nn(C)c2[C@H](C)O1. The largest absolute Gasteiger partial charge is 0.369 e. The highest BCUT2D eigenvalue weighted by molar-refractivity contribution is 5.94. The summed E-state index contributed by atoms with van der Waals surface area (Å²) < 4.78 is 7.67. The molecule has 28 heavy (non-hydrogen) atoms. The number of nitriles is 1. The van der Waals surface area contributed by atoms with Crippen molar-refractivity contribution in [1.29, 1.82) is 5.26 Å². The molecule has 4 heterocycles. The molecule has 0 spiro atoms. The first-order valence-corrected chi connectivity index (χ1v) is 9.59. The van der Waals surface area contributed by atoms with Gasteiger partial charge in [-0.25, -0.2) is 0 Å². The Morgan fingerprint density at radius 3 is 2.75 bits per heavy atom. The highest BCUT2D eigenvalue weighted by atomic mass is 16.5. The second-order valence-corrected chi connectivity index (χ2v) is 7.41. The minimum Gasteiger partial charge on any atom is -0.369 e. The molecule has 2 aromatic heterocycles. The molecule has 0 bridgehead atoms. The number of nitrogens with zero attached hydrogens (tertiary/aromatic N) is 6. The van der Waals surface area contributed by atoms with Crippen LogP contribution < -0.4 is 4.90 Å². The maximum absolute atomic E-state index is 13.2. The molecule has 0 N–H and O–H groups in total. The van der Waals surface area contributed by atoms with E-state index in [9.17, 15) is 10.1 Å². The summed E-state index contributed by atoms with van der Waals surface area (Å²) in [6, 6.07) is 3.93. The van der Waals surface area contributed by atoms with Gasteiger partial charge in [0.1, 0.15) is 6.07 Å². The first kappa shape index (κ1) is 18.4. The Morgan fingerprint density at radius 1 is 1.29 bits per heavy atom. The summed E-state index contributed by atoms with van der Waals surface area (Å²) in [5, 5.41) is 13.8. The number of hydrogen-bond donors (Lipinski definition) is 0. The van der Waals surface area contributed by atoms with E-state index in [-0.39, 0.29) is 18.1 Å². The second kappa shape index (κ2) is 7.24. The zero-order valence-electron chi connectivity index (χ0n) is 16.4. The van der Waals surface area contributed by atoms with Gasteiger partial charge in [-0.3, -0.25) is 14.5 Å². The number of carbonyl (C=O) groups is 1. The lowest BCUT2D eigenvalue weighted by molar-refractivity contribution is -0.00906. The van der Waals surface area contributed by atoms with E-state index < -0.39 is 0 Å². The highest BCUT2D eigenvalue weighted by Gasteiger charge is 2.34. The summed E-state index contributed by atoms with van der Waals surface area (Å²) in [7, 11) is 1.87. The number of carbonyl (C=O) groups excluding carboxylic acids is 1. The number of hydrogen-bond acceptors (Lipinski definition) is 6. The quantitative estimate of drug-likeness (QED) is 0.788. The molecule has 0 unspecified atom stereocenters. The number of ether oxygens (including phenoxy) is 1. The zero-order valence-corrected chi connectivity index (χ0v) is 16.4. The standard InChI is InChI=1S/C20H24N6O2/c1-13-10-16-18(23-24(3)19(16)14(2)28-13)20(27)26-8-6-25(7-9-26)17-12-22-5-4-15(17)11-21/h4-5,12-14H,6-10H2,1-3H3/t13-,14+/m1/s1. The number of anilines is 1. The molecule has 146 valence electrons. The van der Waals surface area contributed by atoms with Crippen molar-refractivity contribution in [2.24, 2.45) is 7.05 Å². The minimum atomic E-state index is -0.0652. The molecular weight excluding hydrogens is 356 g/mol. The van der Waals surface area contributed by atoms with E-state index in [1.54, 1.807) is 23.1 Å². The highest BCUT2D eigenvalue weighted by Crippen LogP contribution is 2.32. The Hall–Kier alpha value is -2.92. The van der Waals surface area contributed by atoms with Gasteiger partial charge in [-0.05, 0) is 19.9 Å². The summed E-state index contributed by atoms with van der Waals surface area (Å²) in [6.07, 6.45) is 4.05. The van der Waals surface area contributed by atoms with Gasteiger partial charge in [-0.2, -0.15) is 10.4 Å². The van der Waals surface area contributed by atoms with Gasteiger partial charge in [0, 0.05) is 51.4 Å². The van der Waals surface area contributed by atoms with Crippen LogP contribution in [-0.4, -0.2) is 57.9 Å². The molecule has 1 amide bonds. The summed E-state index contributed by atoms with van der Waals surface area (Å²) in [6.45, 7) is 6.54. The lowest BCUT2D eigenvalue weighted by atomic mass is 9.99. The number of fused-ring (bicyclic) bond motifs is 1. The van der Waals surface area contributed by atoms with Crippen LogP contribution >= 0.6 is 0 Å². The van der Waals surface area contributed by atoms with E-state index in [2.05, 4.69) is 21.1 Å². The fraction of sp³-hybridized carbons (Fsp3) is 0.500. The average molecular weight is 380 g/mol. The third kappa shape index (κ3) is 3.12. The molecular formula is C20H24N6O2. The Morgan fingerprint density at radius 2 is 2.04 bits per heavy atom. The van der Waals surface area contributed by atoms with Gasteiger partial charge in [0.05, 0.1) is 35.3 Å². The number of aryl methyl sites for hydroxylation is 1. The maximum atomic E-state index is 13.2. The van der Waals surface area contributed by atoms with E-state index in [1.165, 1.54) is 0 Å². The Labute approximate surface area is 164 Å². The summed E-state index contributed by atoms with van der Waals surface area (Å²) in [4.78, 5) is 21.3. The van der Waals surface area contributed by atoms with Gasteiger partial charge in [-0.1, -0.05) is 0 Å². The van der Waals surface area contributed by atoms with Crippen LogP contribution in [0.1, 0.15) is 47.3 Å². The van der Waals surface area contributed by atoms with Crippen molar-refractivity contribution in [1.82, 2.24) is 19.7 Å². The van der Waals surface area contributed by atoms with Crippen molar-refractivity contribution < 1.29 is 9.53 Å². The summed E-state index contributed by atoms with van der Waals surface area (Å²) in [5.74, 6) is -0.0236. The number of aromatic nitrogens is 3.